The van der Waals surface area contributed by atoms with Crippen LogP contribution in [-0.2, 0) is 19.6 Å². The largest absolute Gasteiger partial charge is 0.452 e. The molecule has 1 aromatic carbocycles. The van der Waals surface area contributed by atoms with E-state index in [0.717, 1.165) is 38.5 Å². The lowest BCUT2D eigenvalue weighted by Gasteiger charge is -2.29. The number of amides is 1. The average Bonchev–Trinajstić information content (AvgIpc) is 2.74. The number of benzene rings is 1. The minimum Gasteiger partial charge on any atom is -0.452 e. The number of ether oxygens (including phenoxy) is 1. The molecular weight excluding hydrogens is 404 g/mol. The van der Waals surface area contributed by atoms with E-state index >= 15 is 0 Å². The van der Waals surface area contributed by atoms with Gasteiger partial charge in [-0.1, -0.05) is 32.3 Å². The Morgan fingerprint density at radius 1 is 1.10 bits per heavy atom. The summed E-state index contributed by atoms with van der Waals surface area (Å²) >= 11 is 0. The third kappa shape index (κ3) is 5.40. The van der Waals surface area contributed by atoms with Gasteiger partial charge < -0.3 is 10.1 Å². The summed E-state index contributed by atoms with van der Waals surface area (Å²) in [5, 5.41) is 2.95. The number of rotatable bonds is 6. The zero-order chi connectivity index (χ0) is 21.7. The van der Waals surface area contributed by atoms with Crippen LogP contribution < -0.4 is 5.32 Å². The van der Waals surface area contributed by atoms with Crippen LogP contribution in [0.1, 0.15) is 67.8 Å². The van der Waals surface area contributed by atoms with Crippen molar-refractivity contribution in [2.24, 2.45) is 5.92 Å². The number of hydrogen-bond donors (Lipinski definition) is 1. The highest BCUT2D eigenvalue weighted by molar-refractivity contribution is 7.89. The lowest BCUT2D eigenvalue weighted by Crippen LogP contribution is -2.42. The fraction of sp³-hybridized carbons (Fsp3) is 0.636. The number of sulfonamides is 1. The third-order valence-electron chi connectivity index (χ3n) is 6.17. The molecule has 0 radical (unpaired) electrons. The molecule has 1 amide bonds. The van der Waals surface area contributed by atoms with E-state index in [1.807, 2.05) is 0 Å². The fourth-order valence-electron chi connectivity index (χ4n) is 4.22. The van der Waals surface area contributed by atoms with E-state index in [4.69, 9.17) is 4.74 Å². The number of nitrogens with one attached hydrogen (secondary N) is 1. The minimum absolute atomic E-state index is 0.0856. The summed E-state index contributed by atoms with van der Waals surface area (Å²) in [4.78, 5) is 24.9. The molecule has 1 N–H and O–H groups in total. The van der Waals surface area contributed by atoms with Crippen LogP contribution in [0.15, 0.2) is 23.1 Å². The Bertz CT molecular complexity index is 878. The molecule has 2 aliphatic rings. The van der Waals surface area contributed by atoms with E-state index in [-0.39, 0.29) is 29.0 Å². The van der Waals surface area contributed by atoms with E-state index in [9.17, 15) is 18.0 Å². The van der Waals surface area contributed by atoms with Crippen molar-refractivity contribution in [3.8, 4) is 0 Å². The summed E-state index contributed by atoms with van der Waals surface area (Å²) < 4.78 is 32.5. The van der Waals surface area contributed by atoms with Gasteiger partial charge in [-0.3, -0.25) is 4.79 Å². The van der Waals surface area contributed by atoms with Crippen LogP contribution in [0.3, 0.4) is 0 Å². The molecule has 2 fully saturated rings. The Hall–Kier alpha value is -1.93. The van der Waals surface area contributed by atoms with Gasteiger partial charge in [-0.2, -0.15) is 4.31 Å². The number of piperidine rings is 1. The van der Waals surface area contributed by atoms with Crippen molar-refractivity contribution in [2.45, 2.75) is 69.7 Å². The van der Waals surface area contributed by atoms with Crippen molar-refractivity contribution in [1.29, 1.82) is 0 Å². The number of carbonyl (C=O) groups excluding carboxylic acids is 2. The minimum atomic E-state index is -3.65. The molecule has 0 spiro atoms. The summed E-state index contributed by atoms with van der Waals surface area (Å²) in [5.74, 6) is -0.593. The number of esters is 1. The van der Waals surface area contributed by atoms with Crippen LogP contribution in [0.25, 0.3) is 0 Å². The van der Waals surface area contributed by atoms with Crippen molar-refractivity contribution in [3.63, 3.8) is 0 Å². The van der Waals surface area contributed by atoms with E-state index in [1.54, 1.807) is 13.0 Å². The molecule has 8 heteroatoms. The van der Waals surface area contributed by atoms with Gasteiger partial charge in [-0.05, 0) is 56.2 Å². The monoisotopic (exact) mass is 436 g/mol. The second-order valence-corrected chi connectivity index (χ2v) is 10.4. The van der Waals surface area contributed by atoms with Crippen LogP contribution in [0.2, 0.25) is 0 Å². The van der Waals surface area contributed by atoms with Crippen molar-refractivity contribution < 1.29 is 22.7 Å². The Kier molecular flexibility index (Phi) is 7.52. The maximum Gasteiger partial charge on any atom is 0.338 e. The molecule has 1 aromatic rings. The molecule has 0 bridgehead atoms. The zero-order valence-electron chi connectivity index (χ0n) is 17.9. The lowest BCUT2D eigenvalue weighted by molar-refractivity contribution is -0.125. The highest BCUT2D eigenvalue weighted by Crippen LogP contribution is 2.24. The highest BCUT2D eigenvalue weighted by atomic mass is 32.2. The van der Waals surface area contributed by atoms with Crippen LogP contribution in [-0.4, -0.2) is 50.3 Å². The topological polar surface area (TPSA) is 92.8 Å². The maximum atomic E-state index is 12.9. The Balaban J connectivity index is 1.64. The van der Waals surface area contributed by atoms with E-state index in [1.165, 1.54) is 22.9 Å². The third-order valence-corrected chi connectivity index (χ3v) is 8.07. The highest BCUT2D eigenvalue weighted by Gasteiger charge is 2.28. The number of hydrogen-bond acceptors (Lipinski definition) is 5. The van der Waals surface area contributed by atoms with Gasteiger partial charge >= 0.3 is 5.97 Å². The molecule has 1 aliphatic carbocycles. The standard InChI is InChI=1S/C22H32N2O5S/c1-16-10-11-18(30(27,28)24-12-6-3-7-13-24)14-19(16)22(26)29-15-21(25)23-20-9-5-4-8-17(20)2/h10-11,14,17,20H,3-9,12-13,15H2,1-2H3,(H,23,25)/t17-,20-/m0/s1. The van der Waals surface area contributed by atoms with E-state index in [0.29, 0.717) is 24.6 Å². The normalized spacial score (nSPS) is 23.0. The number of carbonyl (C=O) groups is 2. The summed E-state index contributed by atoms with van der Waals surface area (Å²) in [5.41, 5.74) is 0.783. The van der Waals surface area contributed by atoms with Crippen LogP contribution in [0.4, 0.5) is 0 Å². The average molecular weight is 437 g/mol. The summed E-state index contributed by atoms with van der Waals surface area (Å²) in [7, 11) is -3.65. The first-order valence-corrected chi connectivity index (χ1v) is 12.3. The van der Waals surface area contributed by atoms with Gasteiger partial charge in [0.05, 0.1) is 10.5 Å². The van der Waals surface area contributed by atoms with Gasteiger partial charge in [-0.15, -0.1) is 0 Å². The predicted molar refractivity (Wildman–Crippen MR) is 114 cm³/mol. The van der Waals surface area contributed by atoms with E-state index in [2.05, 4.69) is 12.2 Å². The van der Waals surface area contributed by atoms with Gasteiger partial charge in [0.2, 0.25) is 10.0 Å². The molecule has 1 heterocycles. The molecule has 1 aliphatic heterocycles. The molecule has 166 valence electrons. The van der Waals surface area contributed by atoms with E-state index < -0.39 is 16.0 Å². The van der Waals surface area contributed by atoms with Crippen molar-refractivity contribution in [2.75, 3.05) is 19.7 Å². The van der Waals surface area contributed by atoms with Crippen LogP contribution in [0, 0.1) is 12.8 Å². The Morgan fingerprint density at radius 3 is 2.50 bits per heavy atom. The molecule has 7 nitrogen and oxygen atoms in total. The van der Waals surface area contributed by atoms with Crippen molar-refractivity contribution >= 4 is 21.9 Å². The summed E-state index contributed by atoms with van der Waals surface area (Å²) in [6, 6.07) is 4.61. The molecule has 1 saturated carbocycles. The van der Waals surface area contributed by atoms with Crippen molar-refractivity contribution in [3.05, 3.63) is 29.3 Å². The SMILES string of the molecule is Cc1ccc(S(=O)(=O)N2CCCCC2)cc1C(=O)OCC(=O)N[C@H]1CCCC[C@@H]1C. The molecule has 2 atom stereocenters. The molecule has 0 unspecified atom stereocenters. The lowest BCUT2D eigenvalue weighted by atomic mass is 9.86. The van der Waals surface area contributed by atoms with Gasteiger partial charge in [0.15, 0.2) is 6.61 Å². The smallest absolute Gasteiger partial charge is 0.338 e. The number of nitrogens with zero attached hydrogens (tertiary/aromatic N) is 1. The Morgan fingerprint density at radius 2 is 1.80 bits per heavy atom. The molecule has 30 heavy (non-hydrogen) atoms. The Labute approximate surface area is 179 Å². The molecular formula is C22H32N2O5S. The zero-order valence-corrected chi connectivity index (χ0v) is 18.7. The van der Waals surface area contributed by atoms with Gasteiger partial charge in [0.1, 0.15) is 0 Å². The molecule has 3 rings (SSSR count). The van der Waals surface area contributed by atoms with Crippen molar-refractivity contribution in [1.82, 2.24) is 9.62 Å². The fourth-order valence-corrected chi connectivity index (χ4v) is 5.77. The summed E-state index contributed by atoms with van der Waals surface area (Å²) in [6.45, 7) is 4.46. The second kappa shape index (κ2) is 9.92. The van der Waals surface area contributed by atoms with Gasteiger partial charge in [0.25, 0.3) is 5.91 Å². The maximum absolute atomic E-state index is 12.9. The second-order valence-electron chi connectivity index (χ2n) is 8.45. The first kappa shape index (κ1) is 22.7. The first-order valence-electron chi connectivity index (χ1n) is 10.9. The number of aryl methyl sites for hydroxylation is 1. The summed E-state index contributed by atoms with van der Waals surface area (Å²) in [6.07, 6.45) is 7.01. The first-order chi connectivity index (χ1) is 14.3. The van der Waals surface area contributed by atoms with Crippen LogP contribution >= 0.6 is 0 Å². The van der Waals surface area contributed by atoms with Gasteiger partial charge in [-0.25, -0.2) is 13.2 Å². The van der Waals surface area contributed by atoms with Crippen LogP contribution in [0.5, 0.6) is 0 Å². The quantitative estimate of drug-likeness (QED) is 0.692. The predicted octanol–water partition coefficient (Wildman–Crippen LogP) is 3.02. The van der Waals surface area contributed by atoms with Gasteiger partial charge in [0, 0.05) is 19.1 Å². The molecule has 1 saturated heterocycles. The molecule has 0 aromatic heterocycles.